The van der Waals surface area contributed by atoms with Crippen LogP contribution in [0.2, 0.25) is 0 Å². The normalized spacial score (nSPS) is 10.7. The van der Waals surface area contributed by atoms with Crippen LogP contribution in [0.15, 0.2) is 41.5 Å². The smallest absolute Gasteiger partial charge is 0.269 e. The average Bonchev–Trinajstić information content (AvgIpc) is 2.63. The topological polar surface area (TPSA) is 114 Å². The van der Waals surface area contributed by atoms with Crippen molar-refractivity contribution in [1.82, 2.24) is 5.43 Å². The first-order valence-corrected chi connectivity index (χ1v) is 8.70. The van der Waals surface area contributed by atoms with Crippen molar-refractivity contribution in [2.45, 2.75) is 33.6 Å². The molecular weight excluding hydrogens is 360 g/mol. The van der Waals surface area contributed by atoms with E-state index in [2.05, 4.69) is 15.8 Å². The van der Waals surface area contributed by atoms with Gasteiger partial charge in [0.05, 0.1) is 11.1 Å². The molecule has 8 nitrogen and oxygen atoms in total. The number of non-ortho nitro benzene ring substituents is 1. The third-order valence-corrected chi connectivity index (χ3v) is 4.03. The molecule has 0 spiro atoms. The summed E-state index contributed by atoms with van der Waals surface area (Å²) in [7, 11) is 0. The number of hydrazone groups is 1. The Bertz CT molecular complexity index is 897. The van der Waals surface area contributed by atoms with E-state index in [0.29, 0.717) is 5.56 Å². The third-order valence-electron chi connectivity index (χ3n) is 4.03. The fourth-order valence-corrected chi connectivity index (χ4v) is 2.72. The number of nitrogens with zero attached hydrogens (tertiary/aromatic N) is 2. The van der Waals surface area contributed by atoms with Gasteiger partial charge in [-0.15, -0.1) is 0 Å². The molecule has 146 valence electrons. The molecule has 0 radical (unpaired) electrons. The number of carbonyl (C=O) groups excluding carboxylic acids is 2. The first-order chi connectivity index (χ1) is 13.3. The van der Waals surface area contributed by atoms with Crippen LogP contribution in [-0.4, -0.2) is 23.0 Å². The lowest BCUT2D eigenvalue weighted by Gasteiger charge is -2.12. The third kappa shape index (κ3) is 6.01. The number of nitro benzene ring substituents is 1. The lowest BCUT2D eigenvalue weighted by molar-refractivity contribution is -0.384. The summed E-state index contributed by atoms with van der Waals surface area (Å²) >= 11 is 0. The average molecular weight is 382 g/mol. The Morgan fingerprint density at radius 2 is 1.61 bits per heavy atom. The molecule has 28 heavy (non-hydrogen) atoms. The second-order valence-corrected chi connectivity index (χ2v) is 6.46. The molecule has 0 fully saturated rings. The Hall–Kier alpha value is -3.55. The Balaban J connectivity index is 1.80. The van der Waals surface area contributed by atoms with Gasteiger partial charge in [-0.1, -0.05) is 17.7 Å². The van der Waals surface area contributed by atoms with Crippen molar-refractivity contribution in [2.75, 3.05) is 5.32 Å². The van der Waals surface area contributed by atoms with Crippen LogP contribution in [0, 0.1) is 30.9 Å². The lowest BCUT2D eigenvalue weighted by Crippen LogP contribution is -2.21. The second kappa shape index (κ2) is 9.40. The number of aryl methyl sites for hydroxylation is 3. The van der Waals surface area contributed by atoms with Gasteiger partial charge in [0.1, 0.15) is 0 Å². The van der Waals surface area contributed by atoms with Crippen molar-refractivity contribution in [1.29, 1.82) is 0 Å². The maximum Gasteiger partial charge on any atom is 0.269 e. The predicted octanol–water partition coefficient (Wildman–Crippen LogP) is 3.39. The largest absolute Gasteiger partial charge is 0.326 e. The number of benzene rings is 2. The molecule has 0 bridgehead atoms. The predicted molar refractivity (Wildman–Crippen MR) is 107 cm³/mol. The Kier molecular flexibility index (Phi) is 6.97. The van der Waals surface area contributed by atoms with Gasteiger partial charge in [0.25, 0.3) is 5.69 Å². The highest BCUT2D eigenvalue weighted by Gasteiger charge is 2.10. The van der Waals surface area contributed by atoms with Crippen LogP contribution in [-0.2, 0) is 9.59 Å². The summed E-state index contributed by atoms with van der Waals surface area (Å²) in [5.74, 6) is -0.643. The summed E-state index contributed by atoms with van der Waals surface area (Å²) in [6.07, 6.45) is 1.40. The van der Waals surface area contributed by atoms with E-state index in [1.165, 1.54) is 30.5 Å². The number of hydrogen-bond donors (Lipinski definition) is 2. The number of carbonyl (C=O) groups is 2. The van der Waals surface area contributed by atoms with Crippen LogP contribution >= 0.6 is 0 Å². The van der Waals surface area contributed by atoms with Crippen LogP contribution in [0.3, 0.4) is 0 Å². The van der Waals surface area contributed by atoms with Crippen molar-refractivity contribution in [3.8, 4) is 0 Å². The number of rotatable bonds is 7. The number of hydrogen-bond acceptors (Lipinski definition) is 5. The molecule has 2 amide bonds. The molecule has 0 aliphatic rings. The molecular formula is C20H22N4O4. The van der Waals surface area contributed by atoms with Crippen molar-refractivity contribution < 1.29 is 14.5 Å². The minimum absolute atomic E-state index is 0.00656. The summed E-state index contributed by atoms with van der Waals surface area (Å²) in [4.78, 5) is 34.0. The van der Waals surface area contributed by atoms with Gasteiger partial charge < -0.3 is 5.32 Å². The van der Waals surface area contributed by atoms with Crippen LogP contribution < -0.4 is 10.7 Å². The fraction of sp³-hybridized carbons (Fsp3) is 0.250. The summed E-state index contributed by atoms with van der Waals surface area (Å²) < 4.78 is 0. The second-order valence-electron chi connectivity index (χ2n) is 6.46. The van der Waals surface area contributed by atoms with Crippen molar-refractivity contribution >= 4 is 29.4 Å². The van der Waals surface area contributed by atoms with E-state index >= 15 is 0 Å². The monoisotopic (exact) mass is 382 g/mol. The zero-order chi connectivity index (χ0) is 20.7. The van der Waals surface area contributed by atoms with E-state index in [-0.39, 0.29) is 24.4 Å². The summed E-state index contributed by atoms with van der Waals surface area (Å²) in [6.45, 7) is 5.84. The molecule has 8 heteroatoms. The van der Waals surface area contributed by atoms with E-state index < -0.39 is 10.8 Å². The zero-order valence-corrected chi connectivity index (χ0v) is 16.0. The van der Waals surface area contributed by atoms with E-state index in [1.54, 1.807) is 0 Å². The van der Waals surface area contributed by atoms with Gasteiger partial charge in [-0.3, -0.25) is 19.7 Å². The number of nitro groups is 1. The molecule has 0 aliphatic heterocycles. The zero-order valence-electron chi connectivity index (χ0n) is 16.0. The molecule has 0 heterocycles. The molecule has 0 saturated heterocycles. The molecule has 2 aromatic rings. The summed E-state index contributed by atoms with van der Waals surface area (Å²) in [5, 5.41) is 17.2. The molecule has 0 saturated carbocycles. The highest BCUT2D eigenvalue weighted by Crippen LogP contribution is 2.22. The van der Waals surface area contributed by atoms with E-state index in [9.17, 15) is 19.7 Å². The highest BCUT2D eigenvalue weighted by atomic mass is 16.6. The Labute approximate surface area is 162 Å². The molecule has 2 N–H and O–H groups in total. The minimum atomic E-state index is -0.493. The molecule has 0 atom stereocenters. The van der Waals surface area contributed by atoms with Gasteiger partial charge in [-0.2, -0.15) is 5.10 Å². The molecule has 0 aromatic heterocycles. The molecule has 0 aliphatic carbocycles. The Morgan fingerprint density at radius 3 is 2.18 bits per heavy atom. The number of nitrogens with one attached hydrogen (secondary N) is 2. The fourth-order valence-electron chi connectivity index (χ4n) is 2.72. The molecule has 2 rings (SSSR count). The van der Waals surface area contributed by atoms with Gasteiger partial charge in [0.2, 0.25) is 11.8 Å². The van der Waals surface area contributed by atoms with Crippen molar-refractivity contribution in [2.24, 2.45) is 5.10 Å². The van der Waals surface area contributed by atoms with E-state index in [1.807, 2.05) is 32.9 Å². The van der Waals surface area contributed by atoms with Gasteiger partial charge >= 0.3 is 0 Å². The summed E-state index contributed by atoms with van der Waals surface area (Å²) in [6, 6.07) is 9.72. The minimum Gasteiger partial charge on any atom is -0.326 e. The maximum absolute atomic E-state index is 12.1. The molecule has 2 aromatic carbocycles. The standard InChI is InChI=1S/C20H22N4O4/c1-13-10-14(2)20(15(3)11-13)22-18(25)8-9-19(26)23-21-12-16-4-6-17(7-5-16)24(27)28/h4-7,10-12H,8-9H2,1-3H3,(H,22,25)(H,23,26)/b21-12+. The maximum atomic E-state index is 12.1. The van der Waals surface area contributed by atoms with Gasteiger partial charge in [-0.25, -0.2) is 5.43 Å². The quantitative estimate of drug-likeness (QED) is 0.434. The van der Waals surface area contributed by atoms with Crippen LogP contribution in [0.25, 0.3) is 0 Å². The first-order valence-electron chi connectivity index (χ1n) is 8.70. The van der Waals surface area contributed by atoms with Crippen molar-refractivity contribution in [3.63, 3.8) is 0 Å². The van der Waals surface area contributed by atoms with Crippen LogP contribution in [0.4, 0.5) is 11.4 Å². The van der Waals surface area contributed by atoms with Gasteiger partial charge in [0, 0.05) is 30.7 Å². The highest BCUT2D eigenvalue weighted by molar-refractivity contribution is 5.94. The van der Waals surface area contributed by atoms with E-state index in [4.69, 9.17) is 0 Å². The van der Waals surface area contributed by atoms with Crippen LogP contribution in [0.5, 0.6) is 0 Å². The van der Waals surface area contributed by atoms with E-state index in [0.717, 1.165) is 22.4 Å². The number of anilines is 1. The summed E-state index contributed by atoms with van der Waals surface area (Å²) in [5.41, 5.74) is 6.76. The SMILES string of the molecule is Cc1cc(C)c(NC(=O)CCC(=O)N/N=C/c2ccc([N+](=O)[O-])cc2)c(C)c1. The van der Waals surface area contributed by atoms with Crippen LogP contribution in [0.1, 0.15) is 35.1 Å². The Morgan fingerprint density at radius 1 is 1.04 bits per heavy atom. The first kappa shape index (κ1) is 20.8. The van der Waals surface area contributed by atoms with Gasteiger partial charge in [0.15, 0.2) is 0 Å². The van der Waals surface area contributed by atoms with Gasteiger partial charge in [-0.05, 0) is 49.6 Å². The molecule has 0 unspecified atom stereocenters. The number of amides is 2. The van der Waals surface area contributed by atoms with Crippen molar-refractivity contribution in [3.05, 3.63) is 68.8 Å². The lowest BCUT2D eigenvalue weighted by atomic mass is 10.0.